The molecule has 6 heterocycles. The summed E-state index contributed by atoms with van der Waals surface area (Å²) in [6.07, 6.45) is 10.5. The Morgan fingerprint density at radius 2 is 1.90 bits per heavy atom. The SMILES string of the molecule is NC(=O)c1ccc(-c2cc3c(-c4nc(N5CCC6CNCCC65)c5c(C6CC6)cncc5n4)ccnc3[nH]2)cc1. The zero-order valence-electron chi connectivity index (χ0n) is 22.1. The molecule has 4 aromatic heterocycles. The molecule has 8 rings (SSSR count). The van der Waals surface area contributed by atoms with Gasteiger partial charge >= 0.3 is 0 Å². The highest BCUT2D eigenvalue weighted by Gasteiger charge is 2.38. The van der Waals surface area contributed by atoms with E-state index >= 15 is 0 Å². The van der Waals surface area contributed by atoms with Crippen LogP contribution in [0, 0.1) is 5.92 Å². The number of amides is 1. The van der Waals surface area contributed by atoms with Gasteiger partial charge in [0.05, 0.1) is 11.7 Å². The van der Waals surface area contributed by atoms with E-state index in [0.717, 1.165) is 65.2 Å². The number of piperidine rings is 1. The topological polar surface area (TPSA) is 126 Å². The van der Waals surface area contributed by atoms with Gasteiger partial charge in [-0.1, -0.05) is 12.1 Å². The van der Waals surface area contributed by atoms with Crippen molar-refractivity contribution in [1.29, 1.82) is 0 Å². The molecule has 2 aliphatic heterocycles. The van der Waals surface area contributed by atoms with Crippen molar-refractivity contribution in [1.82, 2.24) is 30.2 Å². The Balaban J connectivity index is 1.28. The van der Waals surface area contributed by atoms with Gasteiger partial charge in [0.15, 0.2) is 5.82 Å². The Bertz CT molecular complexity index is 1770. The van der Waals surface area contributed by atoms with E-state index in [-0.39, 0.29) is 0 Å². The van der Waals surface area contributed by atoms with Gasteiger partial charge in [0, 0.05) is 52.6 Å². The molecular formula is C31H30N8O. The van der Waals surface area contributed by atoms with Gasteiger partial charge in [-0.3, -0.25) is 9.78 Å². The van der Waals surface area contributed by atoms with Crippen molar-refractivity contribution in [2.75, 3.05) is 24.5 Å². The lowest BCUT2D eigenvalue weighted by Gasteiger charge is -2.33. The number of hydrogen-bond acceptors (Lipinski definition) is 7. The summed E-state index contributed by atoms with van der Waals surface area (Å²) in [6.45, 7) is 3.13. The number of aromatic amines is 1. The molecular weight excluding hydrogens is 500 g/mol. The molecule has 2 atom stereocenters. The second-order valence-electron chi connectivity index (χ2n) is 11.3. The summed E-state index contributed by atoms with van der Waals surface area (Å²) in [5.74, 6) is 2.51. The third-order valence-corrected chi connectivity index (χ3v) is 8.87. The van der Waals surface area contributed by atoms with Crippen LogP contribution in [0.5, 0.6) is 0 Å². The molecule has 200 valence electrons. The van der Waals surface area contributed by atoms with E-state index in [1.165, 1.54) is 30.2 Å². The van der Waals surface area contributed by atoms with E-state index in [2.05, 4.69) is 31.2 Å². The minimum Gasteiger partial charge on any atom is -0.366 e. The molecule has 4 N–H and O–H groups in total. The molecule has 1 aromatic carbocycles. The molecule has 2 unspecified atom stereocenters. The fraction of sp³-hybridized carbons (Fsp3) is 0.323. The number of hydrogen-bond donors (Lipinski definition) is 3. The van der Waals surface area contributed by atoms with Crippen LogP contribution in [0.4, 0.5) is 5.82 Å². The number of nitrogens with zero attached hydrogens (tertiary/aromatic N) is 5. The third-order valence-electron chi connectivity index (χ3n) is 8.87. The van der Waals surface area contributed by atoms with Crippen molar-refractivity contribution in [3.05, 3.63) is 66.1 Å². The Labute approximate surface area is 231 Å². The minimum absolute atomic E-state index is 0.440. The fourth-order valence-corrected chi connectivity index (χ4v) is 6.66. The summed E-state index contributed by atoms with van der Waals surface area (Å²) in [5.41, 5.74) is 11.7. The lowest BCUT2D eigenvalue weighted by Crippen LogP contribution is -2.44. The molecule has 1 saturated carbocycles. The Morgan fingerprint density at radius 3 is 2.73 bits per heavy atom. The number of aromatic nitrogens is 5. The summed E-state index contributed by atoms with van der Waals surface area (Å²) >= 11 is 0. The largest absolute Gasteiger partial charge is 0.366 e. The molecule has 1 amide bonds. The summed E-state index contributed by atoms with van der Waals surface area (Å²) in [6, 6.07) is 11.8. The van der Waals surface area contributed by atoms with Gasteiger partial charge in [0.25, 0.3) is 0 Å². The number of carbonyl (C=O) groups excluding carboxylic acids is 1. The Kier molecular flexibility index (Phi) is 5.34. The van der Waals surface area contributed by atoms with Gasteiger partial charge in [-0.2, -0.15) is 0 Å². The van der Waals surface area contributed by atoms with Gasteiger partial charge in [0.1, 0.15) is 11.5 Å². The smallest absolute Gasteiger partial charge is 0.248 e. The standard InChI is InChI=1S/C31H30N8O/c32-28(40)19-5-3-18(4-6-19)24-13-22-21(7-11-35-29(22)36-24)30-37-25-16-34-15-23(17-1-2-17)27(25)31(38-30)39-12-9-20-14-33-10-8-26(20)39/h3-7,11,13,15-17,20,26,33H,1-2,8-10,12,14H2,(H2,32,40)(H,35,36). The van der Waals surface area contributed by atoms with Crippen LogP contribution in [0.25, 0.3) is 44.6 Å². The predicted octanol–water partition coefficient (Wildman–Crippen LogP) is 4.40. The van der Waals surface area contributed by atoms with Crippen molar-refractivity contribution in [2.24, 2.45) is 11.7 Å². The lowest BCUT2D eigenvalue weighted by atomic mass is 9.94. The second kappa shape index (κ2) is 9.09. The molecule has 9 nitrogen and oxygen atoms in total. The lowest BCUT2D eigenvalue weighted by molar-refractivity contribution is 0.100. The van der Waals surface area contributed by atoms with E-state index in [1.807, 2.05) is 30.6 Å². The zero-order chi connectivity index (χ0) is 26.8. The number of H-pyrrole nitrogens is 1. The van der Waals surface area contributed by atoms with Crippen LogP contribution in [0.2, 0.25) is 0 Å². The Hall–Kier alpha value is -4.37. The van der Waals surface area contributed by atoms with Crippen LogP contribution in [0.15, 0.2) is 55.0 Å². The summed E-state index contributed by atoms with van der Waals surface area (Å²) in [4.78, 5) is 37.2. The summed E-state index contributed by atoms with van der Waals surface area (Å²) in [5, 5.41) is 5.71. The van der Waals surface area contributed by atoms with Gasteiger partial charge in [0.2, 0.25) is 5.91 Å². The van der Waals surface area contributed by atoms with E-state index in [9.17, 15) is 4.79 Å². The Morgan fingerprint density at radius 1 is 1.02 bits per heavy atom. The number of carbonyl (C=O) groups is 1. The summed E-state index contributed by atoms with van der Waals surface area (Å²) < 4.78 is 0. The van der Waals surface area contributed by atoms with Crippen LogP contribution < -0.4 is 16.0 Å². The quantitative estimate of drug-likeness (QED) is 0.307. The number of anilines is 1. The molecule has 5 aromatic rings. The summed E-state index contributed by atoms with van der Waals surface area (Å²) in [7, 11) is 0. The van der Waals surface area contributed by atoms with E-state index in [1.54, 1.807) is 18.3 Å². The maximum absolute atomic E-state index is 11.5. The van der Waals surface area contributed by atoms with Crippen LogP contribution in [-0.4, -0.2) is 56.5 Å². The first kappa shape index (κ1) is 23.5. The van der Waals surface area contributed by atoms with Gasteiger partial charge in [-0.15, -0.1) is 0 Å². The van der Waals surface area contributed by atoms with Crippen LogP contribution in [0.3, 0.4) is 0 Å². The van der Waals surface area contributed by atoms with Gasteiger partial charge in [-0.05, 0) is 86.0 Å². The maximum atomic E-state index is 11.5. The number of nitrogens with one attached hydrogen (secondary N) is 2. The highest BCUT2D eigenvalue weighted by molar-refractivity contribution is 5.99. The number of rotatable bonds is 5. The average molecular weight is 531 g/mol. The van der Waals surface area contributed by atoms with Crippen molar-refractivity contribution >= 4 is 33.7 Å². The van der Waals surface area contributed by atoms with E-state index < -0.39 is 5.91 Å². The van der Waals surface area contributed by atoms with E-state index in [4.69, 9.17) is 15.7 Å². The number of primary amides is 1. The maximum Gasteiger partial charge on any atom is 0.248 e. The molecule has 2 saturated heterocycles. The second-order valence-corrected chi connectivity index (χ2v) is 11.3. The molecule has 0 radical (unpaired) electrons. The molecule has 40 heavy (non-hydrogen) atoms. The molecule has 9 heteroatoms. The first-order valence-electron chi connectivity index (χ1n) is 14.2. The monoisotopic (exact) mass is 530 g/mol. The number of pyridine rings is 2. The highest BCUT2D eigenvalue weighted by atomic mass is 16.1. The molecule has 1 aliphatic carbocycles. The van der Waals surface area contributed by atoms with Gasteiger partial charge < -0.3 is 20.9 Å². The fourth-order valence-electron chi connectivity index (χ4n) is 6.66. The third kappa shape index (κ3) is 3.83. The normalized spacial score (nSPS) is 20.8. The highest BCUT2D eigenvalue weighted by Crippen LogP contribution is 2.46. The van der Waals surface area contributed by atoms with Crippen LogP contribution >= 0.6 is 0 Å². The molecule has 0 spiro atoms. The first-order chi connectivity index (χ1) is 19.6. The van der Waals surface area contributed by atoms with Crippen molar-refractivity contribution in [2.45, 2.75) is 37.6 Å². The molecule has 3 aliphatic rings. The van der Waals surface area contributed by atoms with Crippen LogP contribution in [-0.2, 0) is 0 Å². The van der Waals surface area contributed by atoms with Crippen molar-refractivity contribution in [3.8, 4) is 22.6 Å². The molecule has 3 fully saturated rings. The number of nitrogens with two attached hydrogens (primary N) is 1. The van der Waals surface area contributed by atoms with Gasteiger partial charge in [-0.25, -0.2) is 15.0 Å². The zero-order valence-corrected chi connectivity index (χ0v) is 22.1. The number of benzene rings is 1. The van der Waals surface area contributed by atoms with Crippen molar-refractivity contribution < 1.29 is 4.79 Å². The van der Waals surface area contributed by atoms with E-state index in [0.29, 0.717) is 29.3 Å². The van der Waals surface area contributed by atoms with Crippen molar-refractivity contribution in [3.63, 3.8) is 0 Å². The van der Waals surface area contributed by atoms with Crippen LogP contribution in [0.1, 0.15) is 47.5 Å². The molecule has 0 bridgehead atoms. The average Bonchev–Trinajstić information content (AvgIpc) is 3.59. The predicted molar refractivity (Wildman–Crippen MR) is 155 cm³/mol. The minimum atomic E-state index is -0.440. The first-order valence-corrected chi connectivity index (χ1v) is 14.2. The number of fused-ring (bicyclic) bond motifs is 3.